The lowest BCUT2D eigenvalue weighted by Gasteiger charge is -2.13. The van der Waals surface area contributed by atoms with Crippen molar-refractivity contribution >= 4 is 29.5 Å². The van der Waals surface area contributed by atoms with Crippen LogP contribution in [0.4, 0.5) is 0 Å². The molecule has 1 N–H and O–H groups in total. The Labute approximate surface area is 198 Å². The van der Waals surface area contributed by atoms with E-state index in [9.17, 15) is 5.02 Å². The minimum absolute atomic E-state index is 0.356. The van der Waals surface area contributed by atoms with Crippen molar-refractivity contribution < 1.29 is 9.68 Å². The third kappa shape index (κ3) is 3.53. The molecule has 0 bridgehead atoms. The monoisotopic (exact) mass is 440 g/mol. The lowest BCUT2D eigenvalue weighted by molar-refractivity contribution is 0.454. The van der Waals surface area contributed by atoms with Gasteiger partial charge in [0.05, 0.1) is 16.7 Å². The van der Waals surface area contributed by atoms with Gasteiger partial charge in [0.2, 0.25) is 0 Å². The molecule has 5 heteroatoms. The Morgan fingerprint density at radius 1 is 0.618 bits per heavy atom. The average molecular weight is 440 g/mol. The van der Waals surface area contributed by atoms with Crippen LogP contribution in [0, 0.1) is 0 Å². The first-order valence-electron chi connectivity index (χ1n) is 11.2. The van der Waals surface area contributed by atoms with E-state index >= 15 is 0 Å². The number of para-hydroxylation sites is 1. The van der Waals surface area contributed by atoms with Gasteiger partial charge in [-0.15, -0.1) is 0 Å². The van der Waals surface area contributed by atoms with E-state index in [1.165, 1.54) is 0 Å². The van der Waals surface area contributed by atoms with Gasteiger partial charge in [-0.25, -0.2) is 4.98 Å². The Morgan fingerprint density at radius 2 is 1.29 bits per heavy atom. The largest absolute Gasteiger partial charge is 0.539 e. The lowest BCUT2D eigenvalue weighted by atomic mass is 10.0. The maximum atomic E-state index is 9.23. The van der Waals surface area contributed by atoms with E-state index in [0.717, 1.165) is 50.0 Å². The maximum Gasteiger partial charge on any atom is 0.504 e. The van der Waals surface area contributed by atoms with E-state index in [4.69, 9.17) is 9.64 Å². The van der Waals surface area contributed by atoms with Crippen LogP contribution in [0.3, 0.4) is 0 Å². The Morgan fingerprint density at radius 3 is 2.06 bits per heavy atom. The zero-order valence-corrected chi connectivity index (χ0v) is 18.4. The van der Waals surface area contributed by atoms with Crippen molar-refractivity contribution in [3.05, 3.63) is 115 Å². The second-order valence-electron chi connectivity index (χ2n) is 8.14. The van der Waals surface area contributed by atoms with Gasteiger partial charge in [-0.05, 0) is 47.5 Å². The molecule has 0 radical (unpaired) electrons. The topological polar surface area (TPSA) is 47.3 Å². The SMILES string of the molecule is OBOc1ccc2c(c1)c1ccccc1n2-c1cc(-c2ccccc2)cc(-c2ccccc2)n1. The fourth-order valence-electron chi connectivity index (χ4n) is 4.55. The summed E-state index contributed by atoms with van der Waals surface area (Å²) in [6, 6.07) is 39.1. The minimum Gasteiger partial charge on any atom is -0.539 e. The fourth-order valence-corrected chi connectivity index (χ4v) is 4.55. The Hall–Kier alpha value is -4.35. The highest BCUT2D eigenvalue weighted by atomic mass is 16.5. The van der Waals surface area contributed by atoms with Crippen molar-refractivity contribution in [1.82, 2.24) is 9.55 Å². The summed E-state index contributed by atoms with van der Waals surface area (Å²) >= 11 is 0. The van der Waals surface area contributed by atoms with Crippen LogP contribution in [0.2, 0.25) is 0 Å². The summed E-state index contributed by atoms with van der Waals surface area (Å²) in [5.41, 5.74) is 6.33. The number of hydrogen-bond donors (Lipinski definition) is 1. The first kappa shape index (κ1) is 20.3. The number of fused-ring (bicyclic) bond motifs is 3. The van der Waals surface area contributed by atoms with Crippen LogP contribution in [-0.2, 0) is 0 Å². The fraction of sp³-hybridized carbons (Fsp3) is 0. The number of benzene rings is 4. The molecule has 0 saturated carbocycles. The van der Waals surface area contributed by atoms with Gasteiger partial charge in [-0.1, -0.05) is 78.9 Å². The Balaban J connectivity index is 1.66. The van der Waals surface area contributed by atoms with Crippen LogP contribution >= 0.6 is 0 Å². The zero-order valence-electron chi connectivity index (χ0n) is 18.4. The highest BCUT2D eigenvalue weighted by Crippen LogP contribution is 2.35. The van der Waals surface area contributed by atoms with Crippen molar-refractivity contribution in [3.63, 3.8) is 0 Å². The van der Waals surface area contributed by atoms with Gasteiger partial charge in [-0.2, -0.15) is 0 Å². The molecule has 4 aromatic carbocycles. The number of nitrogens with zero attached hydrogens (tertiary/aromatic N) is 2. The molecule has 162 valence electrons. The third-order valence-electron chi connectivity index (χ3n) is 6.09. The molecular weight excluding hydrogens is 419 g/mol. The normalized spacial score (nSPS) is 11.1. The molecule has 0 atom stereocenters. The zero-order chi connectivity index (χ0) is 22.9. The van der Waals surface area contributed by atoms with E-state index in [0.29, 0.717) is 5.75 Å². The molecule has 0 aliphatic carbocycles. The number of rotatable bonds is 5. The smallest absolute Gasteiger partial charge is 0.504 e. The highest BCUT2D eigenvalue weighted by Gasteiger charge is 2.16. The summed E-state index contributed by atoms with van der Waals surface area (Å²) in [7, 11) is -0.356. The van der Waals surface area contributed by atoms with Crippen LogP contribution in [0.15, 0.2) is 115 Å². The molecule has 6 aromatic rings. The molecule has 6 rings (SSSR count). The summed E-state index contributed by atoms with van der Waals surface area (Å²) in [4.78, 5) is 5.12. The van der Waals surface area contributed by atoms with Gasteiger partial charge in [0, 0.05) is 16.3 Å². The van der Waals surface area contributed by atoms with Crippen LogP contribution in [0.1, 0.15) is 0 Å². The molecule has 2 aromatic heterocycles. The van der Waals surface area contributed by atoms with E-state index in [1.807, 2.05) is 54.6 Å². The summed E-state index contributed by atoms with van der Waals surface area (Å²) in [5, 5.41) is 11.4. The van der Waals surface area contributed by atoms with Crippen molar-refractivity contribution in [1.29, 1.82) is 0 Å². The van der Waals surface area contributed by atoms with Gasteiger partial charge in [0.25, 0.3) is 0 Å². The highest BCUT2D eigenvalue weighted by molar-refractivity contribution is 6.17. The van der Waals surface area contributed by atoms with Crippen LogP contribution < -0.4 is 4.65 Å². The molecular formula is C29H21BN2O2. The number of pyridine rings is 1. The quantitative estimate of drug-likeness (QED) is 0.327. The van der Waals surface area contributed by atoms with E-state index in [-0.39, 0.29) is 7.69 Å². The predicted molar refractivity (Wildman–Crippen MR) is 139 cm³/mol. The second-order valence-corrected chi connectivity index (χ2v) is 8.14. The summed E-state index contributed by atoms with van der Waals surface area (Å²) in [5.74, 6) is 1.48. The average Bonchev–Trinajstić information content (AvgIpc) is 3.23. The van der Waals surface area contributed by atoms with E-state index in [2.05, 4.69) is 65.2 Å². The molecule has 0 aliphatic heterocycles. The van der Waals surface area contributed by atoms with Crippen molar-refractivity contribution in [2.24, 2.45) is 0 Å². The second kappa shape index (κ2) is 8.54. The predicted octanol–water partition coefficient (Wildman–Crippen LogP) is 6.15. The molecule has 34 heavy (non-hydrogen) atoms. The molecule has 0 spiro atoms. The van der Waals surface area contributed by atoms with Gasteiger partial charge in [0.1, 0.15) is 11.6 Å². The van der Waals surface area contributed by atoms with Gasteiger partial charge >= 0.3 is 7.69 Å². The lowest BCUT2D eigenvalue weighted by Crippen LogP contribution is -2.01. The standard InChI is InChI=1S/C29H21BN2O2/c33-30-34-23-15-16-28-25(19-23)24-13-7-8-14-27(24)32(28)29-18-22(20-9-3-1-4-10-20)17-26(31-29)21-11-5-2-6-12-21/h1-19,30,33H. The maximum absolute atomic E-state index is 9.23. The summed E-state index contributed by atoms with van der Waals surface area (Å²) in [6.07, 6.45) is 0. The summed E-state index contributed by atoms with van der Waals surface area (Å²) in [6.45, 7) is 0. The van der Waals surface area contributed by atoms with Gasteiger partial charge < -0.3 is 9.68 Å². The third-order valence-corrected chi connectivity index (χ3v) is 6.09. The van der Waals surface area contributed by atoms with E-state index in [1.54, 1.807) is 0 Å². The van der Waals surface area contributed by atoms with Crippen LogP contribution in [0.25, 0.3) is 50.0 Å². The Bertz CT molecular complexity index is 1550. The molecule has 0 aliphatic rings. The van der Waals surface area contributed by atoms with Crippen molar-refractivity contribution in [2.45, 2.75) is 0 Å². The van der Waals surface area contributed by atoms with Crippen molar-refractivity contribution in [3.8, 4) is 34.0 Å². The molecule has 2 heterocycles. The molecule has 0 saturated heterocycles. The van der Waals surface area contributed by atoms with Crippen LogP contribution in [-0.4, -0.2) is 22.3 Å². The molecule has 0 unspecified atom stereocenters. The molecule has 4 nitrogen and oxygen atoms in total. The first-order valence-corrected chi connectivity index (χ1v) is 11.2. The number of hydrogen-bond acceptors (Lipinski definition) is 3. The summed E-state index contributed by atoms with van der Waals surface area (Å²) < 4.78 is 7.56. The van der Waals surface area contributed by atoms with E-state index < -0.39 is 0 Å². The van der Waals surface area contributed by atoms with Gasteiger partial charge in [0.15, 0.2) is 0 Å². The molecule has 0 fully saturated rings. The molecule has 0 amide bonds. The first-order chi connectivity index (χ1) is 16.8. The van der Waals surface area contributed by atoms with Gasteiger partial charge in [-0.3, -0.25) is 4.57 Å². The minimum atomic E-state index is -0.356. The van der Waals surface area contributed by atoms with Crippen molar-refractivity contribution in [2.75, 3.05) is 0 Å². The number of aromatic nitrogens is 2. The Kier molecular flexibility index (Phi) is 5.09. The van der Waals surface area contributed by atoms with Crippen LogP contribution in [0.5, 0.6) is 5.75 Å².